The van der Waals surface area contributed by atoms with Crippen molar-refractivity contribution in [3.8, 4) is 0 Å². The molecule has 1 aromatic carbocycles. The SMILES string of the molecule is CCCC1CCCCN1c1cc(Nc2cccc(N)c2)n2ncc(CC)c2n1. The number of hydrogen-bond acceptors (Lipinski definition) is 5. The summed E-state index contributed by atoms with van der Waals surface area (Å²) in [6.07, 6.45) is 9.04. The molecule has 0 aliphatic carbocycles. The Morgan fingerprint density at radius 3 is 2.89 bits per heavy atom. The maximum atomic E-state index is 5.97. The molecule has 1 atom stereocenters. The average Bonchev–Trinajstić information content (AvgIpc) is 3.12. The Labute approximate surface area is 166 Å². The summed E-state index contributed by atoms with van der Waals surface area (Å²) in [7, 11) is 0. The highest BCUT2D eigenvalue weighted by Crippen LogP contribution is 2.30. The summed E-state index contributed by atoms with van der Waals surface area (Å²) in [6.45, 7) is 5.49. The normalized spacial score (nSPS) is 17.2. The molecule has 2 aromatic heterocycles. The summed E-state index contributed by atoms with van der Waals surface area (Å²) in [5, 5.41) is 8.10. The van der Waals surface area contributed by atoms with Gasteiger partial charge in [-0.25, -0.2) is 4.98 Å². The van der Waals surface area contributed by atoms with E-state index in [-0.39, 0.29) is 0 Å². The summed E-state index contributed by atoms with van der Waals surface area (Å²) >= 11 is 0. The molecule has 6 nitrogen and oxygen atoms in total. The molecule has 1 aliphatic rings. The first-order chi connectivity index (χ1) is 13.7. The molecule has 4 rings (SSSR count). The molecule has 1 unspecified atom stereocenters. The predicted octanol–water partition coefficient (Wildman–Crippen LogP) is 4.78. The fourth-order valence-corrected chi connectivity index (χ4v) is 4.18. The molecule has 148 valence electrons. The summed E-state index contributed by atoms with van der Waals surface area (Å²) < 4.78 is 1.91. The van der Waals surface area contributed by atoms with E-state index in [1.165, 1.54) is 37.7 Å². The van der Waals surface area contributed by atoms with E-state index in [0.717, 1.165) is 41.6 Å². The number of nitrogen functional groups attached to an aromatic ring is 1. The Hall–Kier alpha value is -2.76. The molecule has 1 aliphatic heterocycles. The molecule has 1 fully saturated rings. The summed E-state index contributed by atoms with van der Waals surface area (Å²) in [5.74, 6) is 1.97. The number of benzene rings is 1. The zero-order chi connectivity index (χ0) is 19.5. The molecule has 0 bridgehead atoms. The Kier molecular flexibility index (Phi) is 5.37. The van der Waals surface area contributed by atoms with Crippen LogP contribution in [0.15, 0.2) is 36.5 Å². The van der Waals surface area contributed by atoms with Crippen LogP contribution >= 0.6 is 0 Å². The van der Waals surface area contributed by atoms with Crippen molar-refractivity contribution in [2.75, 3.05) is 22.5 Å². The Morgan fingerprint density at radius 1 is 1.21 bits per heavy atom. The van der Waals surface area contributed by atoms with Gasteiger partial charge in [0.15, 0.2) is 5.65 Å². The molecule has 3 heterocycles. The van der Waals surface area contributed by atoms with Crippen molar-refractivity contribution in [3.05, 3.63) is 42.1 Å². The first-order valence-electron chi connectivity index (χ1n) is 10.5. The number of hydrogen-bond donors (Lipinski definition) is 2. The zero-order valence-corrected chi connectivity index (χ0v) is 16.9. The van der Waals surface area contributed by atoms with Gasteiger partial charge in [0.2, 0.25) is 0 Å². The highest BCUT2D eigenvalue weighted by atomic mass is 15.3. The van der Waals surface area contributed by atoms with Crippen molar-refractivity contribution in [2.24, 2.45) is 0 Å². The molecule has 3 aromatic rings. The summed E-state index contributed by atoms with van der Waals surface area (Å²) in [5.41, 5.74) is 9.77. The van der Waals surface area contributed by atoms with E-state index in [1.807, 2.05) is 35.0 Å². The number of aryl methyl sites for hydroxylation is 1. The van der Waals surface area contributed by atoms with Crippen LogP contribution in [0.1, 0.15) is 51.5 Å². The fraction of sp³-hybridized carbons (Fsp3) is 0.455. The van der Waals surface area contributed by atoms with Crippen molar-refractivity contribution < 1.29 is 0 Å². The summed E-state index contributed by atoms with van der Waals surface area (Å²) in [6, 6.07) is 10.5. The third-order valence-electron chi connectivity index (χ3n) is 5.61. The first-order valence-corrected chi connectivity index (χ1v) is 10.5. The minimum Gasteiger partial charge on any atom is -0.399 e. The first kappa shape index (κ1) is 18.6. The van der Waals surface area contributed by atoms with Gasteiger partial charge in [0.05, 0.1) is 6.20 Å². The lowest BCUT2D eigenvalue weighted by Crippen LogP contribution is -2.40. The number of nitrogens with two attached hydrogens (primary N) is 1. The van der Waals surface area contributed by atoms with Crippen LogP contribution in [0.4, 0.5) is 23.0 Å². The number of piperidine rings is 1. The number of nitrogens with zero attached hydrogens (tertiary/aromatic N) is 4. The second-order valence-electron chi connectivity index (χ2n) is 7.64. The minimum absolute atomic E-state index is 0.571. The molecular weight excluding hydrogens is 348 g/mol. The molecule has 0 saturated carbocycles. The number of anilines is 4. The van der Waals surface area contributed by atoms with Crippen LogP contribution in [0.25, 0.3) is 5.65 Å². The number of rotatable bonds is 6. The Bertz CT molecular complexity index is 945. The lowest BCUT2D eigenvalue weighted by molar-refractivity contribution is 0.432. The molecule has 0 radical (unpaired) electrons. The Morgan fingerprint density at radius 2 is 2.11 bits per heavy atom. The van der Waals surface area contributed by atoms with Gasteiger partial charge < -0.3 is 16.0 Å². The van der Waals surface area contributed by atoms with Crippen LogP contribution in [0.5, 0.6) is 0 Å². The quantitative estimate of drug-likeness (QED) is 0.604. The van der Waals surface area contributed by atoms with Crippen molar-refractivity contribution in [2.45, 2.75) is 58.4 Å². The fourth-order valence-electron chi connectivity index (χ4n) is 4.18. The molecule has 0 spiro atoms. The van der Waals surface area contributed by atoms with E-state index in [9.17, 15) is 0 Å². The van der Waals surface area contributed by atoms with Gasteiger partial charge in [-0.3, -0.25) is 0 Å². The minimum atomic E-state index is 0.571. The number of fused-ring (bicyclic) bond motifs is 1. The third kappa shape index (κ3) is 3.63. The van der Waals surface area contributed by atoms with Crippen LogP contribution in [-0.4, -0.2) is 27.2 Å². The molecular formula is C22H30N6. The van der Waals surface area contributed by atoms with E-state index >= 15 is 0 Å². The van der Waals surface area contributed by atoms with Crippen molar-refractivity contribution in [3.63, 3.8) is 0 Å². The van der Waals surface area contributed by atoms with Crippen molar-refractivity contribution in [1.82, 2.24) is 14.6 Å². The lowest BCUT2D eigenvalue weighted by atomic mass is 9.98. The van der Waals surface area contributed by atoms with E-state index in [0.29, 0.717) is 6.04 Å². The van der Waals surface area contributed by atoms with Crippen molar-refractivity contribution >= 4 is 28.7 Å². The Balaban J connectivity index is 1.78. The van der Waals surface area contributed by atoms with Gasteiger partial charge in [-0.05, 0) is 50.3 Å². The molecule has 1 saturated heterocycles. The van der Waals surface area contributed by atoms with Gasteiger partial charge in [0.25, 0.3) is 0 Å². The van der Waals surface area contributed by atoms with E-state index in [1.54, 1.807) is 0 Å². The smallest absolute Gasteiger partial charge is 0.162 e. The van der Waals surface area contributed by atoms with Gasteiger partial charge in [-0.1, -0.05) is 26.3 Å². The van der Waals surface area contributed by atoms with Crippen LogP contribution in [0.3, 0.4) is 0 Å². The highest BCUT2D eigenvalue weighted by molar-refractivity contribution is 5.67. The summed E-state index contributed by atoms with van der Waals surface area (Å²) in [4.78, 5) is 7.55. The number of aromatic nitrogens is 3. The van der Waals surface area contributed by atoms with Crippen LogP contribution in [0.2, 0.25) is 0 Å². The molecule has 0 amide bonds. The highest BCUT2D eigenvalue weighted by Gasteiger charge is 2.24. The monoisotopic (exact) mass is 378 g/mol. The maximum Gasteiger partial charge on any atom is 0.162 e. The van der Waals surface area contributed by atoms with E-state index in [2.05, 4.69) is 35.2 Å². The topological polar surface area (TPSA) is 71.5 Å². The lowest BCUT2D eigenvalue weighted by Gasteiger charge is -2.37. The third-order valence-corrected chi connectivity index (χ3v) is 5.61. The predicted molar refractivity (Wildman–Crippen MR) is 116 cm³/mol. The number of nitrogens with one attached hydrogen (secondary N) is 1. The largest absolute Gasteiger partial charge is 0.399 e. The van der Waals surface area contributed by atoms with Crippen LogP contribution in [0, 0.1) is 0 Å². The maximum absolute atomic E-state index is 5.97. The molecule has 28 heavy (non-hydrogen) atoms. The molecule has 3 N–H and O–H groups in total. The van der Waals surface area contributed by atoms with Gasteiger partial charge in [0.1, 0.15) is 11.6 Å². The van der Waals surface area contributed by atoms with Crippen molar-refractivity contribution in [1.29, 1.82) is 0 Å². The zero-order valence-electron chi connectivity index (χ0n) is 16.9. The average molecular weight is 379 g/mol. The van der Waals surface area contributed by atoms with E-state index < -0.39 is 0 Å². The molecule has 6 heteroatoms. The van der Waals surface area contributed by atoms with Gasteiger partial charge >= 0.3 is 0 Å². The van der Waals surface area contributed by atoms with Gasteiger partial charge in [-0.2, -0.15) is 9.61 Å². The second kappa shape index (κ2) is 8.09. The van der Waals surface area contributed by atoms with Crippen LogP contribution in [-0.2, 0) is 6.42 Å². The standard InChI is InChI=1S/C22H30N6/c1-3-8-19-11-5-6-12-27(19)20-14-21(25-18-10-7-9-17(23)13-18)28-22(26-20)16(4-2)15-24-28/h7,9-10,13-15,19,25H,3-6,8,11-12,23H2,1-2H3. The van der Waals surface area contributed by atoms with Gasteiger partial charge in [-0.15, -0.1) is 0 Å². The second-order valence-corrected chi connectivity index (χ2v) is 7.64. The van der Waals surface area contributed by atoms with E-state index in [4.69, 9.17) is 10.7 Å². The van der Waals surface area contributed by atoms with Crippen LogP contribution < -0.4 is 16.0 Å². The van der Waals surface area contributed by atoms with Gasteiger partial charge in [0, 0.05) is 35.6 Å².